The van der Waals surface area contributed by atoms with Crippen molar-refractivity contribution in [3.8, 4) is 11.1 Å². The number of anilines is 1. The van der Waals surface area contributed by atoms with Gasteiger partial charge in [-0.25, -0.2) is 21.7 Å². The van der Waals surface area contributed by atoms with E-state index in [0.29, 0.717) is 25.9 Å². The van der Waals surface area contributed by atoms with Crippen molar-refractivity contribution in [1.82, 2.24) is 23.7 Å². The highest BCUT2D eigenvalue weighted by atomic mass is 32.2. The Hall–Kier alpha value is -2.53. The lowest BCUT2D eigenvalue weighted by molar-refractivity contribution is 0.120. The number of rotatable bonds is 4. The number of alkyl halides is 2. The highest BCUT2D eigenvalue weighted by Crippen LogP contribution is 2.50. The summed E-state index contributed by atoms with van der Waals surface area (Å²) in [7, 11) is -2.12. The molecule has 8 nitrogen and oxygen atoms in total. The molecule has 0 amide bonds. The number of fused-ring (bicyclic) bond motifs is 3. The van der Waals surface area contributed by atoms with Crippen LogP contribution in [0.5, 0.6) is 0 Å². The number of hydrogen-bond acceptors (Lipinski definition) is 5. The van der Waals surface area contributed by atoms with Crippen LogP contribution in [0.4, 0.5) is 14.5 Å². The largest absolute Gasteiger partial charge is 0.367 e. The van der Waals surface area contributed by atoms with Crippen molar-refractivity contribution in [2.75, 3.05) is 18.0 Å². The first-order chi connectivity index (χ1) is 14.7. The van der Waals surface area contributed by atoms with Crippen molar-refractivity contribution in [2.24, 2.45) is 7.05 Å². The summed E-state index contributed by atoms with van der Waals surface area (Å²) in [5.74, 6) is -3.08. The van der Waals surface area contributed by atoms with Gasteiger partial charge in [-0.05, 0) is 25.0 Å². The van der Waals surface area contributed by atoms with Crippen molar-refractivity contribution < 1.29 is 17.2 Å². The van der Waals surface area contributed by atoms with E-state index >= 15 is 0 Å². The summed E-state index contributed by atoms with van der Waals surface area (Å²) in [6.45, 7) is 0.974. The van der Waals surface area contributed by atoms with E-state index in [4.69, 9.17) is 0 Å². The summed E-state index contributed by atoms with van der Waals surface area (Å²) < 4.78 is 57.7. The summed E-state index contributed by atoms with van der Waals surface area (Å²) in [5, 5.41) is 7.10. The SMILES string of the molecule is Cn1cc(-c2cc3c(N4CC5CCC(C4)N5S(=O)(=O)[C@H]4CC4(F)F)ccnn3c2)cn1. The number of aryl methyl sites for hydroxylation is 1. The van der Waals surface area contributed by atoms with Crippen LogP contribution in [0.3, 0.4) is 0 Å². The van der Waals surface area contributed by atoms with Crippen LogP contribution in [-0.2, 0) is 17.1 Å². The van der Waals surface area contributed by atoms with E-state index in [2.05, 4.69) is 21.2 Å². The van der Waals surface area contributed by atoms with Gasteiger partial charge in [0.1, 0.15) is 5.25 Å². The summed E-state index contributed by atoms with van der Waals surface area (Å²) in [6, 6.07) is 3.43. The van der Waals surface area contributed by atoms with Crippen molar-refractivity contribution >= 4 is 21.2 Å². The summed E-state index contributed by atoms with van der Waals surface area (Å²) in [5.41, 5.74) is 3.87. The van der Waals surface area contributed by atoms with Crippen LogP contribution < -0.4 is 4.90 Å². The molecule has 2 unspecified atom stereocenters. The lowest BCUT2D eigenvalue weighted by atomic mass is 10.2. The van der Waals surface area contributed by atoms with E-state index < -0.39 is 27.6 Å². The second kappa shape index (κ2) is 6.26. The van der Waals surface area contributed by atoms with Crippen LogP contribution in [0.2, 0.25) is 0 Å². The summed E-state index contributed by atoms with van der Waals surface area (Å²) >= 11 is 0. The van der Waals surface area contributed by atoms with Gasteiger partial charge in [0.15, 0.2) is 0 Å². The monoisotopic (exact) mass is 448 g/mol. The Balaban J connectivity index is 1.32. The first-order valence-electron chi connectivity index (χ1n) is 10.4. The molecular weight excluding hydrogens is 426 g/mol. The first kappa shape index (κ1) is 19.2. The molecule has 3 aromatic heterocycles. The molecule has 3 aliphatic rings. The zero-order chi connectivity index (χ0) is 21.5. The fourth-order valence-corrected chi connectivity index (χ4v) is 7.47. The number of nitrogens with zero attached hydrogens (tertiary/aromatic N) is 6. The van der Waals surface area contributed by atoms with Crippen LogP contribution in [-0.4, -0.2) is 68.5 Å². The van der Waals surface area contributed by atoms with E-state index in [0.717, 1.165) is 22.3 Å². The van der Waals surface area contributed by atoms with E-state index in [-0.39, 0.29) is 12.1 Å². The zero-order valence-corrected chi connectivity index (χ0v) is 17.7. The Labute approximate surface area is 178 Å². The molecule has 1 aliphatic carbocycles. The highest BCUT2D eigenvalue weighted by molar-refractivity contribution is 7.90. The Kier molecular flexibility index (Phi) is 3.87. The van der Waals surface area contributed by atoms with Gasteiger partial charge in [-0.15, -0.1) is 0 Å². The topological polar surface area (TPSA) is 75.7 Å². The molecule has 0 N–H and O–H groups in total. The molecule has 0 radical (unpaired) electrons. The number of halogens is 2. The fourth-order valence-electron chi connectivity index (χ4n) is 5.13. The lowest BCUT2D eigenvalue weighted by Crippen LogP contribution is -2.57. The fraction of sp³-hybridized carbons (Fsp3) is 0.500. The minimum Gasteiger partial charge on any atom is -0.367 e. The first-order valence-corrected chi connectivity index (χ1v) is 11.9. The third-order valence-electron chi connectivity index (χ3n) is 6.70. The molecule has 2 bridgehead atoms. The molecule has 11 heteroatoms. The molecule has 2 saturated heterocycles. The van der Waals surface area contributed by atoms with E-state index in [1.165, 1.54) is 4.31 Å². The van der Waals surface area contributed by atoms with Gasteiger partial charge in [0.2, 0.25) is 10.0 Å². The average Bonchev–Trinajstić information content (AvgIpc) is 3.09. The second-order valence-corrected chi connectivity index (χ2v) is 10.8. The maximum atomic E-state index is 13.5. The van der Waals surface area contributed by atoms with Crippen LogP contribution in [0.15, 0.2) is 36.9 Å². The normalized spacial score (nSPS) is 27.8. The van der Waals surface area contributed by atoms with Crippen LogP contribution in [0.1, 0.15) is 19.3 Å². The Bertz CT molecular complexity index is 1270. The van der Waals surface area contributed by atoms with Crippen molar-refractivity contribution in [2.45, 2.75) is 42.5 Å². The predicted molar refractivity (Wildman–Crippen MR) is 111 cm³/mol. The molecule has 3 fully saturated rings. The standard InChI is InChI=1S/C20H22F2N6O2S/c1-25-9-14(8-24-25)13-6-18-17(4-5-23-27(18)10-13)26-11-15-2-3-16(12-26)28(15)31(29,30)19-7-20(19,21)22/h4-6,8-10,15-16,19H,2-3,7,11-12H2,1H3/t15?,16?,19-/m0/s1. The van der Waals surface area contributed by atoms with E-state index in [1.807, 2.05) is 30.0 Å². The Morgan fingerprint density at radius 2 is 1.81 bits per heavy atom. The molecule has 3 atom stereocenters. The van der Waals surface area contributed by atoms with Crippen LogP contribution >= 0.6 is 0 Å². The number of aromatic nitrogens is 4. The maximum absolute atomic E-state index is 13.5. The lowest BCUT2D eigenvalue weighted by Gasteiger charge is -2.41. The van der Waals surface area contributed by atoms with Gasteiger partial charge in [0.25, 0.3) is 5.92 Å². The molecule has 6 rings (SSSR count). The van der Waals surface area contributed by atoms with Crippen LogP contribution in [0, 0.1) is 0 Å². The zero-order valence-electron chi connectivity index (χ0n) is 16.9. The molecule has 0 spiro atoms. The predicted octanol–water partition coefficient (Wildman–Crippen LogP) is 2.13. The number of hydrogen-bond donors (Lipinski definition) is 0. The minimum absolute atomic E-state index is 0.277. The van der Waals surface area contributed by atoms with E-state index in [9.17, 15) is 17.2 Å². The quantitative estimate of drug-likeness (QED) is 0.611. The van der Waals surface area contributed by atoms with Crippen molar-refractivity contribution in [3.63, 3.8) is 0 Å². The molecule has 0 aromatic carbocycles. The Morgan fingerprint density at radius 1 is 1.10 bits per heavy atom. The van der Waals surface area contributed by atoms with E-state index in [1.54, 1.807) is 17.1 Å². The van der Waals surface area contributed by atoms with Gasteiger partial charge >= 0.3 is 0 Å². The Morgan fingerprint density at radius 3 is 2.42 bits per heavy atom. The number of piperazine rings is 1. The molecular formula is C20H22F2N6O2S. The molecule has 2 aliphatic heterocycles. The van der Waals surface area contributed by atoms with Crippen LogP contribution in [0.25, 0.3) is 16.6 Å². The van der Waals surface area contributed by atoms with Gasteiger partial charge in [-0.1, -0.05) is 0 Å². The number of sulfonamides is 1. The average molecular weight is 448 g/mol. The summed E-state index contributed by atoms with van der Waals surface area (Å²) in [6.07, 6.45) is 8.24. The van der Waals surface area contributed by atoms with Gasteiger partial charge < -0.3 is 4.90 Å². The molecule has 3 aromatic rings. The van der Waals surface area contributed by atoms with Gasteiger partial charge in [0.05, 0.1) is 17.4 Å². The molecule has 164 valence electrons. The molecule has 31 heavy (non-hydrogen) atoms. The maximum Gasteiger partial charge on any atom is 0.267 e. The summed E-state index contributed by atoms with van der Waals surface area (Å²) in [4.78, 5) is 2.17. The second-order valence-electron chi connectivity index (χ2n) is 8.80. The van der Waals surface area contributed by atoms with Gasteiger partial charge in [0, 0.05) is 68.4 Å². The molecule has 1 saturated carbocycles. The van der Waals surface area contributed by atoms with Crippen molar-refractivity contribution in [1.29, 1.82) is 0 Å². The smallest absolute Gasteiger partial charge is 0.267 e. The minimum atomic E-state index is -3.98. The molecule has 5 heterocycles. The third kappa shape index (κ3) is 2.89. The third-order valence-corrected chi connectivity index (χ3v) is 9.12. The van der Waals surface area contributed by atoms with Gasteiger partial charge in [-0.3, -0.25) is 4.68 Å². The highest BCUT2D eigenvalue weighted by Gasteiger charge is 2.67. The van der Waals surface area contributed by atoms with Crippen molar-refractivity contribution in [3.05, 3.63) is 36.9 Å². The van der Waals surface area contributed by atoms with Gasteiger partial charge in [-0.2, -0.15) is 14.5 Å².